The second-order valence-corrected chi connectivity index (χ2v) is 3.55. The molecule has 60 valence electrons. The molecule has 0 saturated heterocycles. The molecule has 0 aromatic carbocycles. The zero-order valence-electron chi connectivity index (χ0n) is 6.68. The molecule has 0 aliphatic heterocycles. The summed E-state index contributed by atoms with van der Waals surface area (Å²) < 4.78 is 13.1. The topological polar surface area (TPSA) is 26.0 Å². The molecule has 1 rings (SSSR count). The normalized spacial score (nSPS) is 49.2. The minimum absolute atomic E-state index is 0.172. The smallest absolute Gasteiger partial charge is 0.118 e. The van der Waals surface area contributed by atoms with Crippen molar-refractivity contribution in [2.24, 2.45) is 17.6 Å². The first-order chi connectivity index (χ1) is 4.63. The van der Waals surface area contributed by atoms with Gasteiger partial charge in [-0.15, -0.1) is 0 Å². The first-order valence-electron chi connectivity index (χ1n) is 4.02. The Balaban J connectivity index is 2.52. The summed E-state index contributed by atoms with van der Waals surface area (Å²) >= 11 is 0. The first kappa shape index (κ1) is 7.99. The molecule has 1 fully saturated rings. The van der Waals surface area contributed by atoms with Crippen molar-refractivity contribution >= 4 is 0 Å². The zero-order chi connectivity index (χ0) is 7.72. The lowest BCUT2D eigenvalue weighted by molar-refractivity contribution is 0.116. The second-order valence-electron chi connectivity index (χ2n) is 3.55. The van der Waals surface area contributed by atoms with Crippen LogP contribution in [-0.2, 0) is 0 Å². The van der Waals surface area contributed by atoms with Crippen LogP contribution in [-0.4, -0.2) is 12.2 Å². The molecule has 1 aliphatic carbocycles. The number of hydrogen-bond donors (Lipinski definition) is 1. The predicted molar refractivity (Wildman–Crippen MR) is 40.4 cm³/mol. The number of alkyl halides is 1. The van der Waals surface area contributed by atoms with Gasteiger partial charge in [0.1, 0.15) is 6.17 Å². The molecule has 0 aromatic heterocycles. The van der Waals surface area contributed by atoms with Crippen LogP contribution < -0.4 is 5.73 Å². The average molecular weight is 145 g/mol. The Labute approximate surface area is 61.8 Å². The van der Waals surface area contributed by atoms with Gasteiger partial charge in [0.25, 0.3) is 0 Å². The van der Waals surface area contributed by atoms with E-state index in [-0.39, 0.29) is 12.0 Å². The summed E-state index contributed by atoms with van der Waals surface area (Å²) in [4.78, 5) is 0. The van der Waals surface area contributed by atoms with Gasteiger partial charge in [-0.25, -0.2) is 4.39 Å². The molecule has 2 N–H and O–H groups in total. The minimum atomic E-state index is -0.774. The largest absolute Gasteiger partial charge is 0.325 e. The van der Waals surface area contributed by atoms with Crippen LogP contribution in [0.1, 0.15) is 26.7 Å². The van der Waals surface area contributed by atoms with Crippen LogP contribution >= 0.6 is 0 Å². The van der Waals surface area contributed by atoms with E-state index in [0.29, 0.717) is 5.92 Å². The van der Waals surface area contributed by atoms with Gasteiger partial charge in [-0.2, -0.15) is 0 Å². The summed E-state index contributed by atoms with van der Waals surface area (Å²) in [6.07, 6.45) is 1.31. The maximum atomic E-state index is 13.1. The van der Waals surface area contributed by atoms with Gasteiger partial charge in [0, 0.05) is 6.04 Å². The Morgan fingerprint density at radius 3 is 2.20 bits per heavy atom. The number of nitrogens with two attached hydrogens (primary N) is 1. The zero-order valence-corrected chi connectivity index (χ0v) is 6.68. The Morgan fingerprint density at radius 2 is 1.70 bits per heavy atom. The summed E-state index contributed by atoms with van der Waals surface area (Å²) in [5, 5.41) is 0. The van der Waals surface area contributed by atoms with E-state index >= 15 is 0 Å². The fourth-order valence-electron chi connectivity index (χ4n) is 1.57. The summed E-state index contributed by atoms with van der Waals surface area (Å²) in [7, 11) is 0. The molecular formula is C8H16FN. The fraction of sp³-hybridized carbons (Fsp3) is 1.00. The predicted octanol–water partition coefficient (Wildman–Crippen LogP) is 1.72. The Morgan fingerprint density at radius 1 is 1.20 bits per heavy atom. The van der Waals surface area contributed by atoms with Crippen molar-refractivity contribution in [3.05, 3.63) is 0 Å². The Bertz CT molecular complexity index is 102. The van der Waals surface area contributed by atoms with Crippen molar-refractivity contribution in [2.45, 2.75) is 38.9 Å². The van der Waals surface area contributed by atoms with Crippen molar-refractivity contribution in [1.29, 1.82) is 0 Å². The van der Waals surface area contributed by atoms with Crippen LogP contribution in [0.15, 0.2) is 0 Å². The molecule has 4 atom stereocenters. The third kappa shape index (κ3) is 1.31. The van der Waals surface area contributed by atoms with Gasteiger partial charge in [-0.05, 0) is 24.7 Å². The highest BCUT2D eigenvalue weighted by atomic mass is 19.1. The third-order valence-electron chi connectivity index (χ3n) is 2.65. The van der Waals surface area contributed by atoms with E-state index in [1.165, 1.54) is 0 Å². The average Bonchev–Trinajstić information content (AvgIpc) is 1.93. The Hall–Kier alpha value is -0.110. The highest BCUT2D eigenvalue weighted by Crippen LogP contribution is 2.29. The quantitative estimate of drug-likeness (QED) is 0.552. The summed E-state index contributed by atoms with van der Waals surface area (Å²) in [6, 6.07) is -0.219. The minimum Gasteiger partial charge on any atom is -0.325 e. The third-order valence-corrected chi connectivity index (χ3v) is 2.65. The lowest BCUT2D eigenvalue weighted by atomic mass is 9.79. The van der Waals surface area contributed by atoms with Gasteiger partial charge in [0.2, 0.25) is 0 Å². The van der Waals surface area contributed by atoms with Gasteiger partial charge < -0.3 is 5.73 Å². The molecule has 0 heterocycles. The lowest BCUT2D eigenvalue weighted by Gasteiger charge is -2.33. The van der Waals surface area contributed by atoms with Crippen LogP contribution in [0, 0.1) is 11.8 Å². The van der Waals surface area contributed by atoms with E-state index in [4.69, 9.17) is 5.73 Å². The molecule has 0 aromatic rings. The van der Waals surface area contributed by atoms with Crippen molar-refractivity contribution in [1.82, 2.24) is 0 Å². The molecule has 2 heteroatoms. The molecule has 0 amide bonds. The molecule has 0 radical (unpaired) electrons. The Kier molecular flexibility index (Phi) is 2.29. The molecule has 1 aliphatic rings. The van der Waals surface area contributed by atoms with Gasteiger partial charge in [-0.3, -0.25) is 0 Å². The maximum Gasteiger partial charge on any atom is 0.118 e. The molecule has 1 nitrogen and oxygen atoms in total. The van der Waals surface area contributed by atoms with Gasteiger partial charge >= 0.3 is 0 Å². The summed E-state index contributed by atoms with van der Waals surface area (Å²) in [6.45, 7) is 3.97. The van der Waals surface area contributed by atoms with Crippen molar-refractivity contribution in [3.8, 4) is 0 Å². The number of hydrogen-bond acceptors (Lipinski definition) is 1. The van der Waals surface area contributed by atoms with Gasteiger partial charge in [0.05, 0.1) is 0 Å². The SMILES string of the molecule is CC1CCC(C)C(F)C1N. The van der Waals surface area contributed by atoms with Crippen LogP contribution in [0.25, 0.3) is 0 Å². The highest BCUT2D eigenvalue weighted by molar-refractivity contribution is 4.86. The monoisotopic (exact) mass is 145 g/mol. The molecule has 0 bridgehead atoms. The molecule has 0 spiro atoms. The van der Waals surface area contributed by atoms with Gasteiger partial charge in [-0.1, -0.05) is 13.8 Å². The molecule has 4 unspecified atom stereocenters. The molecule has 1 saturated carbocycles. The van der Waals surface area contributed by atoms with Gasteiger partial charge in [0.15, 0.2) is 0 Å². The van der Waals surface area contributed by atoms with E-state index in [0.717, 1.165) is 12.8 Å². The first-order valence-corrected chi connectivity index (χ1v) is 4.02. The van der Waals surface area contributed by atoms with E-state index in [2.05, 4.69) is 0 Å². The van der Waals surface area contributed by atoms with E-state index < -0.39 is 6.17 Å². The summed E-state index contributed by atoms with van der Waals surface area (Å²) in [5.41, 5.74) is 5.64. The fourth-order valence-corrected chi connectivity index (χ4v) is 1.57. The van der Waals surface area contributed by atoms with E-state index in [1.807, 2.05) is 13.8 Å². The number of rotatable bonds is 0. The standard InChI is InChI=1S/C8H16FN/c1-5-3-4-6(2)8(10)7(5)9/h5-8H,3-4,10H2,1-2H3. The van der Waals surface area contributed by atoms with Crippen LogP contribution in [0.5, 0.6) is 0 Å². The van der Waals surface area contributed by atoms with Crippen molar-refractivity contribution < 1.29 is 4.39 Å². The molecule has 10 heavy (non-hydrogen) atoms. The van der Waals surface area contributed by atoms with Crippen molar-refractivity contribution in [3.63, 3.8) is 0 Å². The summed E-state index contributed by atoms with van der Waals surface area (Å²) in [5.74, 6) is 0.539. The van der Waals surface area contributed by atoms with E-state index in [1.54, 1.807) is 0 Å². The second kappa shape index (κ2) is 2.87. The van der Waals surface area contributed by atoms with Crippen molar-refractivity contribution in [2.75, 3.05) is 0 Å². The van der Waals surface area contributed by atoms with Crippen LogP contribution in [0.4, 0.5) is 4.39 Å². The van der Waals surface area contributed by atoms with E-state index in [9.17, 15) is 4.39 Å². The van der Waals surface area contributed by atoms with Crippen LogP contribution in [0.3, 0.4) is 0 Å². The maximum absolute atomic E-state index is 13.1. The number of halogens is 1. The van der Waals surface area contributed by atoms with Crippen LogP contribution in [0.2, 0.25) is 0 Å². The highest BCUT2D eigenvalue weighted by Gasteiger charge is 2.32. The molecular weight excluding hydrogens is 129 g/mol. The lowest BCUT2D eigenvalue weighted by Crippen LogP contribution is -2.44.